The average molecular weight is 367 g/mol. The number of benzene rings is 2. The molecule has 0 unspecified atom stereocenters. The summed E-state index contributed by atoms with van der Waals surface area (Å²) in [5.41, 5.74) is 2.50. The van der Waals surface area contributed by atoms with Gasteiger partial charge in [-0.2, -0.15) is 0 Å². The van der Waals surface area contributed by atoms with Gasteiger partial charge in [0.1, 0.15) is 0 Å². The largest absolute Gasteiger partial charge is 0.347 e. The summed E-state index contributed by atoms with van der Waals surface area (Å²) in [5.74, 6) is -1.39. The Morgan fingerprint density at radius 3 is 2.30 bits per heavy atom. The molecule has 2 aromatic rings. The van der Waals surface area contributed by atoms with E-state index in [1.807, 2.05) is 43.3 Å². The van der Waals surface area contributed by atoms with Crippen LogP contribution >= 0.6 is 0 Å². The van der Waals surface area contributed by atoms with Crippen LogP contribution in [-0.2, 0) is 27.3 Å². The number of amides is 3. The molecule has 0 aliphatic carbocycles. The van der Waals surface area contributed by atoms with Gasteiger partial charge in [0.15, 0.2) is 0 Å². The second-order valence-electron chi connectivity index (χ2n) is 6.18. The van der Waals surface area contributed by atoms with Gasteiger partial charge in [-0.1, -0.05) is 42.5 Å². The van der Waals surface area contributed by atoms with E-state index in [0.29, 0.717) is 31.7 Å². The van der Waals surface area contributed by atoms with Crippen molar-refractivity contribution in [2.45, 2.75) is 26.8 Å². The fraction of sp³-hybridized carbons (Fsp3) is 0.286. The molecule has 2 N–H and O–H groups in total. The Labute approximate surface area is 159 Å². The van der Waals surface area contributed by atoms with Crippen molar-refractivity contribution in [1.82, 2.24) is 10.2 Å². The average Bonchev–Trinajstić information content (AvgIpc) is 2.67. The monoisotopic (exact) mass is 367 g/mol. The standard InChI is InChI=1S/C21H25N3O3/c1-3-24(16(2)25)15-18-10-7-11-19(14-18)23-21(27)20(26)22-13-12-17-8-5-4-6-9-17/h4-11,14H,3,12-13,15H2,1-2H3,(H,22,26)(H,23,27). The molecule has 6 heteroatoms. The van der Waals surface area contributed by atoms with Gasteiger partial charge in [-0.15, -0.1) is 0 Å². The number of hydrogen-bond donors (Lipinski definition) is 2. The molecule has 142 valence electrons. The summed E-state index contributed by atoms with van der Waals surface area (Å²) < 4.78 is 0. The van der Waals surface area contributed by atoms with Crippen LogP contribution in [0.25, 0.3) is 0 Å². The first-order valence-corrected chi connectivity index (χ1v) is 8.97. The zero-order valence-corrected chi connectivity index (χ0v) is 15.7. The molecule has 0 aliphatic rings. The highest BCUT2D eigenvalue weighted by molar-refractivity contribution is 6.39. The molecule has 27 heavy (non-hydrogen) atoms. The molecule has 2 aromatic carbocycles. The topological polar surface area (TPSA) is 78.5 Å². The lowest BCUT2D eigenvalue weighted by molar-refractivity contribution is -0.136. The van der Waals surface area contributed by atoms with E-state index in [9.17, 15) is 14.4 Å². The number of carbonyl (C=O) groups excluding carboxylic acids is 3. The molecule has 0 bridgehead atoms. The Morgan fingerprint density at radius 2 is 1.63 bits per heavy atom. The third-order valence-electron chi connectivity index (χ3n) is 4.13. The second kappa shape index (κ2) is 10.1. The third kappa shape index (κ3) is 6.58. The Balaban J connectivity index is 1.86. The van der Waals surface area contributed by atoms with E-state index in [1.165, 1.54) is 6.92 Å². The van der Waals surface area contributed by atoms with Crippen LogP contribution < -0.4 is 10.6 Å². The summed E-state index contributed by atoms with van der Waals surface area (Å²) in [6.45, 7) is 4.89. The van der Waals surface area contributed by atoms with E-state index < -0.39 is 11.8 Å². The molecule has 0 atom stereocenters. The molecular weight excluding hydrogens is 342 g/mol. The lowest BCUT2D eigenvalue weighted by Crippen LogP contribution is -2.36. The lowest BCUT2D eigenvalue weighted by atomic mass is 10.1. The summed E-state index contributed by atoms with van der Waals surface area (Å²) in [6.07, 6.45) is 0.660. The van der Waals surface area contributed by atoms with Crippen LogP contribution in [0.3, 0.4) is 0 Å². The van der Waals surface area contributed by atoms with Crippen LogP contribution in [0.2, 0.25) is 0 Å². The van der Waals surface area contributed by atoms with Gasteiger partial charge in [0.2, 0.25) is 5.91 Å². The van der Waals surface area contributed by atoms with Crippen LogP contribution in [0.4, 0.5) is 5.69 Å². The summed E-state index contributed by atoms with van der Waals surface area (Å²) in [5, 5.41) is 5.22. The fourth-order valence-corrected chi connectivity index (χ4v) is 2.65. The van der Waals surface area contributed by atoms with Crippen LogP contribution in [0.1, 0.15) is 25.0 Å². The number of anilines is 1. The van der Waals surface area contributed by atoms with Crippen molar-refractivity contribution in [2.75, 3.05) is 18.4 Å². The Morgan fingerprint density at radius 1 is 0.926 bits per heavy atom. The summed E-state index contributed by atoms with van der Waals surface area (Å²) >= 11 is 0. The molecule has 0 aliphatic heterocycles. The molecule has 0 fully saturated rings. The fourth-order valence-electron chi connectivity index (χ4n) is 2.65. The number of nitrogens with one attached hydrogen (secondary N) is 2. The van der Waals surface area contributed by atoms with E-state index in [0.717, 1.165) is 11.1 Å². The molecule has 0 saturated carbocycles. The first-order chi connectivity index (χ1) is 13.0. The van der Waals surface area contributed by atoms with Crippen LogP contribution in [0, 0.1) is 0 Å². The van der Waals surface area contributed by atoms with Gasteiger partial charge in [-0.05, 0) is 36.6 Å². The predicted molar refractivity (Wildman–Crippen MR) is 105 cm³/mol. The van der Waals surface area contributed by atoms with Crippen molar-refractivity contribution in [3.8, 4) is 0 Å². The minimum absolute atomic E-state index is 0.00951. The summed E-state index contributed by atoms with van der Waals surface area (Å²) in [6, 6.07) is 16.9. The second-order valence-corrected chi connectivity index (χ2v) is 6.18. The number of carbonyl (C=O) groups is 3. The van der Waals surface area contributed by atoms with Gasteiger partial charge < -0.3 is 15.5 Å². The van der Waals surface area contributed by atoms with Crippen molar-refractivity contribution in [3.05, 3.63) is 65.7 Å². The summed E-state index contributed by atoms with van der Waals surface area (Å²) in [7, 11) is 0. The maximum atomic E-state index is 12.1. The van der Waals surface area contributed by atoms with E-state index in [1.54, 1.807) is 23.1 Å². The van der Waals surface area contributed by atoms with Gasteiger partial charge >= 0.3 is 11.8 Å². The summed E-state index contributed by atoms with van der Waals surface area (Å²) in [4.78, 5) is 37.3. The van der Waals surface area contributed by atoms with E-state index >= 15 is 0 Å². The molecule has 0 spiro atoms. The smallest absolute Gasteiger partial charge is 0.313 e. The zero-order chi connectivity index (χ0) is 19.6. The van der Waals surface area contributed by atoms with Gasteiger partial charge in [-0.3, -0.25) is 14.4 Å². The number of nitrogens with zero attached hydrogens (tertiary/aromatic N) is 1. The van der Waals surface area contributed by atoms with Gasteiger partial charge in [-0.25, -0.2) is 0 Å². The number of rotatable bonds is 7. The maximum absolute atomic E-state index is 12.1. The minimum Gasteiger partial charge on any atom is -0.347 e. The van der Waals surface area contributed by atoms with Crippen molar-refractivity contribution < 1.29 is 14.4 Å². The molecule has 3 amide bonds. The Bertz CT molecular complexity index is 790. The van der Waals surface area contributed by atoms with Gasteiger partial charge in [0.05, 0.1) is 0 Å². The molecular formula is C21H25N3O3. The molecule has 0 radical (unpaired) electrons. The molecule has 0 heterocycles. The van der Waals surface area contributed by atoms with Gasteiger partial charge in [0, 0.05) is 32.2 Å². The molecule has 2 rings (SSSR count). The quantitative estimate of drug-likeness (QED) is 0.738. The predicted octanol–water partition coefficient (Wildman–Crippen LogP) is 2.35. The van der Waals surface area contributed by atoms with Crippen LogP contribution in [0.15, 0.2) is 54.6 Å². The van der Waals surface area contributed by atoms with Crippen molar-refractivity contribution in [2.24, 2.45) is 0 Å². The Hall–Kier alpha value is -3.15. The van der Waals surface area contributed by atoms with E-state index in [-0.39, 0.29) is 5.91 Å². The third-order valence-corrected chi connectivity index (χ3v) is 4.13. The zero-order valence-electron chi connectivity index (χ0n) is 15.7. The minimum atomic E-state index is -0.709. The van der Waals surface area contributed by atoms with Crippen molar-refractivity contribution in [3.63, 3.8) is 0 Å². The highest BCUT2D eigenvalue weighted by Crippen LogP contribution is 2.13. The SMILES string of the molecule is CCN(Cc1cccc(NC(=O)C(=O)NCCc2ccccc2)c1)C(C)=O. The lowest BCUT2D eigenvalue weighted by Gasteiger charge is -2.19. The number of hydrogen-bond acceptors (Lipinski definition) is 3. The van der Waals surface area contributed by atoms with Crippen LogP contribution in [0.5, 0.6) is 0 Å². The van der Waals surface area contributed by atoms with Gasteiger partial charge in [0.25, 0.3) is 0 Å². The Kier molecular flexibility index (Phi) is 7.55. The van der Waals surface area contributed by atoms with E-state index in [4.69, 9.17) is 0 Å². The van der Waals surface area contributed by atoms with Crippen molar-refractivity contribution >= 4 is 23.4 Å². The van der Waals surface area contributed by atoms with Crippen LogP contribution in [-0.4, -0.2) is 35.7 Å². The maximum Gasteiger partial charge on any atom is 0.313 e. The molecule has 6 nitrogen and oxygen atoms in total. The van der Waals surface area contributed by atoms with E-state index in [2.05, 4.69) is 10.6 Å². The first kappa shape index (κ1) is 20.2. The van der Waals surface area contributed by atoms with Crippen molar-refractivity contribution in [1.29, 1.82) is 0 Å². The molecule has 0 saturated heterocycles. The first-order valence-electron chi connectivity index (χ1n) is 8.97. The normalized spacial score (nSPS) is 10.1. The molecule has 0 aromatic heterocycles. The highest BCUT2D eigenvalue weighted by Gasteiger charge is 2.14. The highest BCUT2D eigenvalue weighted by atomic mass is 16.2.